The number of amides is 1. The summed E-state index contributed by atoms with van der Waals surface area (Å²) in [7, 11) is 0. The SMILES string of the molecule is CC(CO)NC(=O)c1ccc(SCc2cccnc2)cc1. The van der Waals surface area contributed by atoms with Crippen LogP contribution in [0.2, 0.25) is 0 Å². The molecule has 1 aromatic carbocycles. The molecule has 0 aliphatic carbocycles. The van der Waals surface area contributed by atoms with E-state index >= 15 is 0 Å². The van der Waals surface area contributed by atoms with Crippen molar-refractivity contribution in [1.29, 1.82) is 0 Å². The Labute approximate surface area is 128 Å². The van der Waals surface area contributed by atoms with Crippen LogP contribution in [0.3, 0.4) is 0 Å². The molecule has 1 atom stereocenters. The van der Waals surface area contributed by atoms with E-state index in [9.17, 15) is 4.79 Å². The number of hydrogen-bond donors (Lipinski definition) is 2. The lowest BCUT2D eigenvalue weighted by Gasteiger charge is -2.11. The Kier molecular flexibility index (Phi) is 5.78. The fourth-order valence-electron chi connectivity index (χ4n) is 1.71. The molecule has 0 radical (unpaired) electrons. The van der Waals surface area contributed by atoms with Gasteiger partial charge in [0.05, 0.1) is 6.61 Å². The first-order valence-corrected chi connectivity index (χ1v) is 7.71. The van der Waals surface area contributed by atoms with Crippen LogP contribution in [-0.4, -0.2) is 28.6 Å². The van der Waals surface area contributed by atoms with Crippen LogP contribution >= 0.6 is 11.8 Å². The smallest absolute Gasteiger partial charge is 0.251 e. The van der Waals surface area contributed by atoms with E-state index in [2.05, 4.69) is 10.3 Å². The van der Waals surface area contributed by atoms with Gasteiger partial charge in [0.25, 0.3) is 5.91 Å². The standard InChI is InChI=1S/C16H18N2O2S/c1-12(10-19)18-16(20)14-4-6-15(7-5-14)21-11-13-3-2-8-17-9-13/h2-9,12,19H,10-11H2,1H3,(H,18,20). The Balaban J connectivity index is 1.91. The molecule has 1 unspecified atom stereocenters. The summed E-state index contributed by atoms with van der Waals surface area (Å²) in [5.74, 6) is 0.682. The highest BCUT2D eigenvalue weighted by molar-refractivity contribution is 7.98. The second-order valence-corrected chi connectivity index (χ2v) is 5.78. The maximum absolute atomic E-state index is 11.9. The summed E-state index contributed by atoms with van der Waals surface area (Å²) in [4.78, 5) is 17.1. The van der Waals surface area contributed by atoms with E-state index in [1.54, 1.807) is 37.0 Å². The number of thioether (sulfide) groups is 1. The van der Waals surface area contributed by atoms with Gasteiger partial charge < -0.3 is 10.4 Å². The van der Waals surface area contributed by atoms with Crippen LogP contribution in [0.15, 0.2) is 53.7 Å². The molecule has 1 aromatic heterocycles. The first-order valence-electron chi connectivity index (χ1n) is 6.72. The molecule has 0 spiro atoms. The zero-order chi connectivity index (χ0) is 15.1. The van der Waals surface area contributed by atoms with E-state index in [4.69, 9.17) is 5.11 Å². The first kappa shape index (κ1) is 15.5. The highest BCUT2D eigenvalue weighted by atomic mass is 32.2. The molecule has 0 saturated carbocycles. The number of pyridine rings is 1. The molecular weight excluding hydrogens is 284 g/mol. The topological polar surface area (TPSA) is 62.2 Å². The summed E-state index contributed by atoms with van der Waals surface area (Å²) in [6.07, 6.45) is 3.61. The number of carbonyl (C=O) groups is 1. The number of nitrogens with zero attached hydrogens (tertiary/aromatic N) is 1. The van der Waals surface area contributed by atoms with Gasteiger partial charge in [-0.15, -0.1) is 11.8 Å². The fourth-order valence-corrected chi connectivity index (χ4v) is 2.54. The minimum Gasteiger partial charge on any atom is -0.394 e. The van der Waals surface area contributed by atoms with E-state index in [1.807, 2.05) is 30.5 Å². The highest BCUT2D eigenvalue weighted by Crippen LogP contribution is 2.22. The summed E-state index contributed by atoms with van der Waals surface area (Å²) in [6.45, 7) is 1.70. The third kappa shape index (κ3) is 4.88. The number of nitrogens with one attached hydrogen (secondary N) is 1. The lowest BCUT2D eigenvalue weighted by atomic mass is 10.2. The molecule has 5 heteroatoms. The van der Waals surface area contributed by atoms with E-state index in [1.165, 1.54) is 5.56 Å². The number of carbonyl (C=O) groups excluding carboxylic acids is 1. The summed E-state index contributed by atoms with van der Waals surface area (Å²) in [6, 6.07) is 11.2. The van der Waals surface area contributed by atoms with Gasteiger partial charge >= 0.3 is 0 Å². The molecule has 1 amide bonds. The average molecular weight is 302 g/mol. The zero-order valence-corrected chi connectivity index (χ0v) is 12.6. The Morgan fingerprint density at radius 2 is 2.10 bits per heavy atom. The van der Waals surface area contributed by atoms with E-state index in [0.717, 1.165) is 10.6 Å². The average Bonchev–Trinajstić information content (AvgIpc) is 2.54. The maximum atomic E-state index is 11.9. The van der Waals surface area contributed by atoms with Crippen molar-refractivity contribution in [1.82, 2.24) is 10.3 Å². The van der Waals surface area contributed by atoms with Gasteiger partial charge in [-0.2, -0.15) is 0 Å². The van der Waals surface area contributed by atoms with Gasteiger partial charge in [0.2, 0.25) is 0 Å². The summed E-state index contributed by atoms with van der Waals surface area (Å²) in [5, 5.41) is 11.6. The van der Waals surface area contributed by atoms with Crippen LogP contribution in [0.25, 0.3) is 0 Å². The van der Waals surface area contributed by atoms with Gasteiger partial charge in [0.15, 0.2) is 0 Å². The van der Waals surface area contributed by atoms with Crippen LogP contribution in [-0.2, 0) is 5.75 Å². The Bertz CT molecular complexity index is 573. The number of aliphatic hydroxyl groups is 1. The summed E-state index contributed by atoms with van der Waals surface area (Å²) < 4.78 is 0. The summed E-state index contributed by atoms with van der Waals surface area (Å²) >= 11 is 1.70. The van der Waals surface area contributed by atoms with Gasteiger partial charge in [-0.25, -0.2) is 0 Å². The summed E-state index contributed by atoms with van der Waals surface area (Å²) in [5.41, 5.74) is 1.77. The van der Waals surface area contributed by atoms with Gasteiger partial charge in [0, 0.05) is 34.6 Å². The van der Waals surface area contributed by atoms with Gasteiger partial charge in [-0.3, -0.25) is 9.78 Å². The predicted molar refractivity (Wildman–Crippen MR) is 84.3 cm³/mol. The van der Waals surface area contributed by atoms with E-state index < -0.39 is 0 Å². The number of aromatic nitrogens is 1. The minimum absolute atomic E-state index is 0.0647. The third-order valence-corrected chi connectivity index (χ3v) is 3.98. The van der Waals surface area contributed by atoms with Crippen molar-refractivity contribution in [3.05, 3.63) is 59.9 Å². The quantitative estimate of drug-likeness (QED) is 0.805. The van der Waals surface area contributed by atoms with E-state index in [0.29, 0.717) is 5.56 Å². The monoisotopic (exact) mass is 302 g/mol. The number of hydrogen-bond acceptors (Lipinski definition) is 4. The van der Waals surface area contributed by atoms with Crippen LogP contribution < -0.4 is 5.32 Å². The second kappa shape index (κ2) is 7.81. The molecule has 21 heavy (non-hydrogen) atoms. The molecule has 0 bridgehead atoms. The first-order chi connectivity index (χ1) is 10.2. The van der Waals surface area contributed by atoms with Gasteiger partial charge in [-0.1, -0.05) is 6.07 Å². The van der Waals surface area contributed by atoms with Gasteiger partial charge in [0.1, 0.15) is 0 Å². The maximum Gasteiger partial charge on any atom is 0.251 e. The van der Waals surface area contributed by atoms with Crippen molar-refractivity contribution in [3.63, 3.8) is 0 Å². The molecule has 0 aliphatic heterocycles. The molecule has 110 valence electrons. The fraction of sp³-hybridized carbons (Fsp3) is 0.250. The second-order valence-electron chi connectivity index (χ2n) is 4.73. The molecule has 0 fully saturated rings. The van der Waals surface area contributed by atoms with E-state index in [-0.39, 0.29) is 18.6 Å². The van der Waals surface area contributed by atoms with Crippen LogP contribution in [0, 0.1) is 0 Å². The molecule has 0 saturated heterocycles. The van der Waals surface area contributed by atoms with Crippen molar-refractivity contribution in [2.45, 2.75) is 23.6 Å². The lowest BCUT2D eigenvalue weighted by molar-refractivity contribution is 0.0922. The van der Waals surface area contributed by atoms with Crippen molar-refractivity contribution in [2.24, 2.45) is 0 Å². The predicted octanol–water partition coefficient (Wildman–Crippen LogP) is 2.48. The number of rotatable bonds is 6. The lowest BCUT2D eigenvalue weighted by Crippen LogP contribution is -2.34. The number of benzene rings is 1. The molecule has 2 aromatic rings. The van der Waals surface area contributed by atoms with Crippen molar-refractivity contribution in [3.8, 4) is 0 Å². The minimum atomic E-state index is -0.239. The van der Waals surface area contributed by atoms with Gasteiger partial charge in [-0.05, 0) is 42.8 Å². The normalized spacial score (nSPS) is 11.9. The zero-order valence-electron chi connectivity index (χ0n) is 11.8. The van der Waals surface area contributed by atoms with Crippen LogP contribution in [0.1, 0.15) is 22.8 Å². The molecule has 0 aliphatic rings. The Morgan fingerprint density at radius 1 is 1.33 bits per heavy atom. The molecule has 2 rings (SSSR count). The van der Waals surface area contributed by atoms with Crippen LogP contribution in [0.4, 0.5) is 0 Å². The largest absolute Gasteiger partial charge is 0.394 e. The highest BCUT2D eigenvalue weighted by Gasteiger charge is 2.08. The number of aliphatic hydroxyl groups excluding tert-OH is 1. The van der Waals surface area contributed by atoms with Crippen molar-refractivity contribution in [2.75, 3.05) is 6.61 Å². The van der Waals surface area contributed by atoms with Crippen molar-refractivity contribution < 1.29 is 9.90 Å². The Hall–Kier alpha value is -1.85. The molecular formula is C16H18N2O2S. The van der Waals surface area contributed by atoms with Crippen molar-refractivity contribution >= 4 is 17.7 Å². The van der Waals surface area contributed by atoms with Crippen LogP contribution in [0.5, 0.6) is 0 Å². The Morgan fingerprint density at radius 3 is 2.71 bits per heavy atom. The molecule has 4 nitrogen and oxygen atoms in total. The third-order valence-electron chi connectivity index (χ3n) is 2.90. The molecule has 1 heterocycles. The molecule has 2 N–H and O–H groups in total.